The summed E-state index contributed by atoms with van der Waals surface area (Å²) in [5.74, 6) is 0. The van der Waals surface area contributed by atoms with E-state index in [4.69, 9.17) is 16.9 Å². The van der Waals surface area contributed by atoms with Gasteiger partial charge >= 0.3 is 6.03 Å². The smallest absolute Gasteiger partial charge is 0.319 e. The van der Waals surface area contributed by atoms with E-state index in [1.807, 2.05) is 30.3 Å². The van der Waals surface area contributed by atoms with Gasteiger partial charge in [-0.15, -0.1) is 0 Å². The molecule has 0 aliphatic carbocycles. The van der Waals surface area contributed by atoms with Crippen LogP contribution in [-0.2, 0) is 6.42 Å². The Balaban J connectivity index is 1.81. The fraction of sp³-hybridized carbons (Fsp3) is 0.125. The molecule has 2 aromatic carbocycles. The van der Waals surface area contributed by atoms with Gasteiger partial charge in [0, 0.05) is 17.3 Å². The molecular formula is C16H14ClN3O. The third-order valence-electron chi connectivity index (χ3n) is 2.84. The largest absolute Gasteiger partial charge is 0.338 e. The molecule has 5 heteroatoms. The number of carbonyl (C=O) groups excluding carboxylic acids is 1. The first kappa shape index (κ1) is 14.9. The van der Waals surface area contributed by atoms with Crippen LogP contribution in [0.4, 0.5) is 10.5 Å². The molecule has 2 amide bonds. The summed E-state index contributed by atoms with van der Waals surface area (Å²) < 4.78 is 0. The minimum absolute atomic E-state index is 0.299. The van der Waals surface area contributed by atoms with Crippen LogP contribution < -0.4 is 10.6 Å². The van der Waals surface area contributed by atoms with Crippen molar-refractivity contribution < 1.29 is 4.79 Å². The molecule has 0 atom stereocenters. The van der Waals surface area contributed by atoms with Gasteiger partial charge in [0.15, 0.2) is 0 Å². The minimum Gasteiger partial charge on any atom is -0.338 e. The molecule has 0 bridgehead atoms. The zero-order chi connectivity index (χ0) is 15.1. The highest BCUT2D eigenvalue weighted by atomic mass is 35.5. The number of carbonyl (C=O) groups is 1. The van der Waals surface area contributed by atoms with E-state index >= 15 is 0 Å². The maximum absolute atomic E-state index is 11.7. The van der Waals surface area contributed by atoms with Crippen LogP contribution in [0, 0.1) is 11.3 Å². The average molecular weight is 300 g/mol. The first-order chi connectivity index (χ1) is 10.2. The lowest BCUT2D eigenvalue weighted by atomic mass is 10.1. The van der Waals surface area contributed by atoms with E-state index in [1.165, 1.54) is 0 Å². The first-order valence-corrected chi connectivity index (χ1v) is 6.84. The molecule has 0 saturated carbocycles. The molecule has 2 aromatic rings. The highest BCUT2D eigenvalue weighted by Gasteiger charge is 2.02. The number of amides is 2. The summed E-state index contributed by atoms with van der Waals surface area (Å²) >= 11 is 5.90. The van der Waals surface area contributed by atoms with Crippen molar-refractivity contribution in [1.82, 2.24) is 5.32 Å². The maximum Gasteiger partial charge on any atom is 0.319 e. The van der Waals surface area contributed by atoms with Gasteiger partial charge in [0.2, 0.25) is 0 Å². The Morgan fingerprint density at radius 1 is 1.19 bits per heavy atom. The predicted molar refractivity (Wildman–Crippen MR) is 83.3 cm³/mol. The molecule has 0 saturated heterocycles. The van der Waals surface area contributed by atoms with Crippen LogP contribution in [-0.4, -0.2) is 12.6 Å². The molecule has 4 nitrogen and oxygen atoms in total. The Bertz CT molecular complexity index is 679. The van der Waals surface area contributed by atoms with Crippen LogP contribution >= 0.6 is 11.6 Å². The molecule has 0 spiro atoms. The molecule has 0 radical (unpaired) electrons. The SMILES string of the molecule is N#Cc1cccc(NC(=O)NCCc2cccc(Cl)c2)c1. The number of urea groups is 1. The molecule has 0 aromatic heterocycles. The van der Waals surface area contributed by atoms with Crippen molar-refractivity contribution in [3.8, 4) is 6.07 Å². The lowest BCUT2D eigenvalue weighted by Crippen LogP contribution is -2.30. The molecule has 0 aliphatic heterocycles. The number of hydrogen-bond acceptors (Lipinski definition) is 2. The van der Waals surface area contributed by atoms with Gasteiger partial charge in [-0.05, 0) is 42.3 Å². The number of hydrogen-bond donors (Lipinski definition) is 2. The van der Waals surface area contributed by atoms with E-state index < -0.39 is 0 Å². The van der Waals surface area contributed by atoms with Crippen LogP contribution in [0.1, 0.15) is 11.1 Å². The fourth-order valence-corrected chi connectivity index (χ4v) is 2.07. The highest BCUT2D eigenvalue weighted by molar-refractivity contribution is 6.30. The lowest BCUT2D eigenvalue weighted by molar-refractivity contribution is 0.252. The number of nitrogens with one attached hydrogen (secondary N) is 2. The van der Waals surface area contributed by atoms with Crippen LogP contribution in [0.2, 0.25) is 5.02 Å². The summed E-state index contributed by atoms with van der Waals surface area (Å²) in [5.41, 5.74) is 2.16. The van der Waals surface area contributed by atoms with Gasteiger partial charge in [-0.1, -0.05) is 29.8 Å². The van der Waals surface area contributed by atoms with Crippen molar-refractivity contribution in [2.45, 2.75) is 6.42 Å². The summed E-state index contributed by atoms with van der Waals surface area (Å²) in [7, 11) is 0. The molecule has 21 heavy (non-hydrogen) atoms. The molecule has 0 fully saturated rings. The summed E-state index contributed by atoms with van der Waals surface area (Å²) in [4.78, 5) is 11.7. The summed E-state index contributed by atoms with van der Waals surface area (Å²) in [6.45, 7) is 0.504. The fourth-order valence-electron chi connectivity index (χ4n) is 1.85. The highest BCUT2D eigenvalue weighted by Crippen LogP contribution is 2.11. The second kappa shape index (κ2) is 7.32. The average Bonchev–Trinajstić information content (AvgIpc) is 2.47. The normalized spacial score (nSPS) is 9.71. The number of benzene rings is 2. The second-order valence-corrected chi connectivity index (χ2v) is 4.89. The van der Waals surface area contributed by atoms with Crippen molar-refractivity contribution in [2.75, 3.05) is 11.9 Å². The van der Waals surface area contributed by atoms with Crippen molar-refractivity contribution in [3.63, 3.8) is 0 Å². The number of nitriles is 1. The van der Waals surface area contributed by atoms with E-state index in [1.54, 1.807) is 24.3 Å². The zero-order valence-electron chi connectivity index (χ0n) is 11.3. The number of halogens is 1. The predicted octanol–water partition coefficient (Wildman–Crippen LogP) is 3.58. The first-order valence-electron chi connectivity index (χ1n) is 6.47. The molecule has 0 aliphatic rings. The van der Waals surface area contributed by atoms with Crippen molar-refractivity contribution in [3.05, 3.63) is 64.7 Å². The Labute approximate surface area is 128 Å². The van der Waals surface area contributed by atoms with Crippen LogP contribution in [0.15, 0.2) is 48.5 Å². The van der Waals surface area contributed by atoms with Crippen molar-refractivity contribution in [2.24, 2.45) is 0 Å². The molecule has 106 valence electrons. The standard InChI is InChI=1S/C16H14ClN3O/c17-14-5-1-3-12(9-14)7-8-19-16(21)20-15-6-2-4-13(10-15)11-18/h1-6,9-10H,7-8H2,(H2,19,20,21). The van der Waals surface area contributed by atoms with E-state index in [-0.39, 0.29) is 6.03 Å². The Hall–Kier alpha value is -2.51. The Kier molecular flexibility index (Phi) is 5.19. The topological polar surface area (TPSA) is 64.9 Å². The molecule has 2 N–H and O–H groups in total. The monoisotopic (exact) mass is 299 g/mol. The van der Waals surface area contributed by atoms with Gasteiger partial charge < -0.3 is 10.6 Å². The number of rotatable bonds is 4. The van der Waals surface area contributed by atoms with Crippen molar-refractivity contribution >= 4 is 23.3 Å². The van der Waals surface area contributed by atoms with Crippen LogP contribution in [0.5, 0.6) is 0 Å². The Morgan fingerprint density at radius 2 is 2.00 bits per heavy atom. The van der Waals surface area contributed by atoms with Gasteiger partial charge in [-0.25, -0.2) is 4.79 Å². The van der Waals surface area contributed by atoms with Gasteiger partial charge in [0.25, 0.3) is 0 Å². The molecule has 0 unspecified atom stereocenters. The van der Waals surface area contributed by atoms with E-state index in [0.29, 0.717) is 29.2 Å². The van der Waals surface area contributed by atoms with Gasteiger partial charge in [-0.3, -0.25) is 0 Å². The van der Waals surface area contributed by atoms with Gasteiger partial charge in [0.05, 0.1) is 11.6 Å². The maximum atomic E-state index is 11.7. The van der Waals surface area contributed by atoms with Gasteiger partial charge in [-0.2, -0.15) is 5.26 Å². The minimum atomic E-state index is -0.299. The third-order valence-corrected chi connectivity index (χ3v) is 3.07. The quantitative estimate of drug-likeness (QED) is 0.906. The van der Waals surface area contributed by atoms with Crippen LogP contribution in [0.3, 0.4) is 0 Å². The number of anilines is 1. The van der Waals surface area contributed by atoms with Crippen molar-refractivity contribution in [1.29, 1.82) is 5.26 Å². The second-order valence-electron chi connectivity index (χ2n) is 4.45. The third kappa shape index (κ3) is 4.83. The summed E-state index contributed by atoms with van der Waals surface area (Å²) in [6, 6.07) is 16.0. The van der Waals surface area contributed by atoms with E-state index in [9.17, 15) is 4.79 Å². The summed E-state index contributed by atoms with van der Waals surface area (Å²) in [5, 5.41) is 14.9. The zero-order valence-corrected chi connectivity index (χ0v) is 12.0. The molecule has 0 heterocycles. The molecule has 2 rings (SSSR count). The van der Waals surface area contributed by atoms with E-state index in [2.05, 4.69) is 10.6 Å². The van der Waals surface area contributed by atoms with E-state index in [0.717, 1.165) is 5.56 Å². The van der Waals surface area contributed by atoms with Gasteiger partial charge in [0.1, 0.15) is 0 Å². The lowest BCUT2D eigenvalue weighted by Gasteiger charge is -2.08. The summed E-state index contributed by atoms with van der Waals surface area (Å²) in [6.07, 6.45) is 0.701. The molecular weight excluding hydrogens is 286 g/mol. The van der Waals surface area contributed by atoms with Crippen LogP contribution in [0.25, 0.3) is 0 Å². The Morgan fingerprint density at radius 3 is 2.76 bits per heavy atom. The number of nitrogens with zero attached hydrogens (tertiary/aromatic N) is 1.